The number of aromatic nitrogens is 1. The third kappa shape index (κ3) is 3.67. The van der Waals surface area contributed by atoms with Crippen molar-refractivity contribution in [3.05, 3.63) is 54.7 Å². The Kier molecular flexibility index (Phi) is 5.75. The fourth-order valence-electron chi connectivity index (χ4n) is 2.56. The normalized spacial score (nSPS) is 12.4. The first-order valence-electron chi connectivity index (χ1n) is 7.54. The number of allylic oxidation sites excluding steroid dienone is 1. The Hall–Kier alpha value is -1.67. The minimum atomic E-state index is 0.383. The van der Waals surface area contributed by atoms with Crippen LogP contribution in [0.3, 0.4) is 0 Å². The molecule has 1 heterocycles. The summed E-state index contributed by atoms with van der Waals surface area (Å²) in [6.45, 7) is 7.06. The van der Waals surface area contributed by atoms with E-state index in [4.69, 9.17) is 0 Å². The predicted octanol–water partition coefficient (Wildman–Crippen LogP) is 4.63. The maximum absolute atomic E-state index is 4.58. The van der Waals surface area contributed by atoms with E-state index in [1.54, 1.807) is 0 Å². The van der Waals surface area contributed by atoms with Crippen LogP contribution < -0.4 is 5.32 Å². The summed E-state index contributed by atoms with van der Waals surface area (Å²) >= 11 is 0. The van der Waals surface area contributed by atoms with Gasteiger partial charge in [-0.25, -0.2) is 0 Å². The van der Waals surface area contributed by atoms with Crippen LogP contribution >= 0.6 is 0 Å². The predicted molar refractivity (Wildman–Crippen MR) is 86.8 cm³/mol. The third-order valence-corrected chi connectivity index (χ3v) is 3.58. The third-order valence-electron chi connectivity index (χ3n) is 3.58. The molecule has 1 N–H and O–H groups in total. The molecule has 0 bridgehead atoms. The molecular formula is C18H24N2. The maximum Gasteiger partial charge on any atom is 0.0749 e. The molecule has 1 atom stereocenters. The Morgan fingerprint density at radius 2 is 2.15 bits per heavy atom. The van der Waals surface area contributed by atoms with Gasteiger partial charge in [-0.15, -0.1) is 6.58 Å². The van der Waals surface area contributed by atoms with Gasteiger partial charge in [-0.3, -0.25) is 4.98 Å². The number of hydrogen-bond donors (Lipinski definition) is 1. The highest BCUT2D eigenvalue weighted by atomic mass is 14.9. The van der Waals surface area contributed by atoms with E-state index in [0.717, 1.165) is 37.7 Å². The van der Waals surface area contributed by atoms with Crippen LogP contribution in [0, 0.1) is 0 Å². The van der Waals surface area contributed by atoms with Crippen molar-refractivity contribution in [2.45, 2.75) is 38.6 Å². The van der Waals surface area contributed by atoms with E-state index >= 15 is 0 Å². The van der Waals surface area contributed by atoms with E-state index in [-0.39, 0.29) is 0 Å². The molecule has 0 spiro atoms. The van der Waals surface area contributed by atoms with Gasteiger partial charge in [0.25, 0.3) is 0 Å². The summed E-state index contributed by atoms with van der Waals surface area (Å²) < 4.78 is 0. The fourth-order valence-corrected chi connectivity index (χ4v) is 2.56. The first-order valence-corrected chi connectivity index (χ1v) is 7.54. The molecule has 0 amide bonds. The van der Waals surface area contributed by atoms with E-state index in [2.05, 4.69) is 48.1 Å². The molecule has 2 aromatic rings. The molecule has 0 fully saturated rings. The number of benzene rings is 1. The summed E-state index contributed by atoms with van der Waals surface area (Å²) in [7, 11) is 0. The average Bonchev–Trinajstić information content (AvgIpc) is 2.50. The van der Waals surface area contributed by atoms with Crippen LogP contribution in [0.25, 0.3) is 10.9 Å². The Labute approximate surface area is 121 Å². The summed E-state index contributed by atoms with van der Waals surface area (Å²) in [5.74, 6) is 0. The molecule has 20 heavy (non-hydrogen) atoms. The van der Waals surface area contributed by atoms with Gasteiger partial charge in [-0.05, 0) is 43.9 Å². The second kappa shape index (κ2) is 7.81. The highest BCUT2D eigenvalue weighted by Crippen LogP contribution is 2.26. The quantitative estimate of drug-likeness (QED) is 0.557. The van der Waals surface area contributed by atoms with E-state index in [1.165, 1.54) is 10.9 Å². The Balaban J connectivity index is 2.26. The Bertz CT molecular complexity index is 543. The van der Waals surface area contributed by atoms with Gasteiger partial charge in [-0.1, -0.05) is 37.3 Å². The van der Waals surface area contributed by atoms with Crippen molar-refractivity contribution >= 4 is 10.9 Å². The lowest BCUT2D eigenvalue weighted by atomic mass is 9.98. The van der Waals surface area contributed by atoms with E-state index < -0.39 is 0 Å². The largest absolute Gasteiger partial charge is 0.310 e. The summed E-state index contributed by atoms with van der Waals surface area (Å²) in [6, 6.07) is 11.0. The average molecular weight is 268 g/mol. The fraction of sp³-hybridized carbons (Fsp3) is 0.389. The van der Waals surface area contributed by atoms with Crippen LogP contribution in [0.1, 0.15) is 44.2 Å². The highest BCUT2D eigenvalue weighted by molar-refractivity contribution is 5.81. The van der Waals surface area contributed by atoms with Crippen molar-refractivity contribution in [1.82, 2.24) is 10.3 Å². The zero-order chi connectivity index (χ0) is 14.2. The molecule has 0 radical (unpaired) electrons. The molecule has 1 unspecified atom stereocenters. The molecule has 2 heteroatoms. The monoisotopic (exact) mass is 268 g/mol. The van der Waals surface area contributed by atoms with E-state index in [1.807, 2.05) is 18.3 Å². The smallest absolute Gasteiger partial charge is 0.0749 e. The molecule has 0 saturated carbocycles. The van der Waals surface area contributed by atoms with Crippen LogP contribution in [-0.4, -0.2) is 11.5 Å². The Morgan fingerprint density at radius 3 is 2.95 bits per heavy atom. The SMILES string of the molecule is C=CCCCC(NCCC)c1cccc2cccnc12. The van der Waals surface area contributed by atoms with Crippen molar-refractivity contribution in [2.24, 2.45) is 0 Å². The Morgan fingerprint density at radius 1 is 1.30 bits per heavy atom. The van der Waals surface area contributed by atoms with Crippen LogP contribution in [0.4, 0.5) is 0 Å². The van der Waals surface area contributed by atoms with Gasteiger partial charge < -0.3 is 5.32 Å². The number of para-hydroxylation sites is 1. The van der Waals surface area contributed by atoms with Crippen molar-refractivity contribution in [2.75, 3.05) is 6.54 Å². The van der Waals surface area contributed by atoms with Crippen molar-refractivity contribution in [3.8, 4) is 0 Å². The molecular weight excluding hydrogens is 244 g/mol. The van der Waals surface area contributed by atoms with Crippen LogP contribution in [0.5, 0.6) is 0 Å². The maximum atomic E-state index is 4.58. The molecule has 0 aliphatic rings. The lowest BCUT2D eigenvalue weighted by molar-refractivity contribution is 0.488. The lowest BCUT2D eigenvalue weighted by Gasteiger charge is -2.20. The van der Waals surface area contributed by atoms with Crippen molar-refractivity contribution < 1.29 is 0 Å². The van der Waals surface area contributed by atoms with E-state index in [0.29, 0.717) is 6.04 Å². The van der Waals surface area contributed by atoms with Crippen molar-refractivity contribution in [1.29, 1.82) is 0 Å². The van der Waals surface area contributed by atoms with Crippen LogP contribution in [0.2, 0.25) is 0 Å². The molecule has 0 aliphatic carbocycles. The van der Waals surface area contributed by atoms with Gasteiger partial charge in [0.05, 0.1) is 5.52 Å². The summed E-state index contributed by atoms with van der Waals surface area (Å²) in [4.78, 5) is 4.58. The number of unbranched alkanes of at least 4 members (excludes halogenated alkanes) is 1. The van der Waals surface area contributed by atoms with Gasteiger partial charge in [0, 0.05) is 17.6 Å². The van der Waals surface area contributed by atoms with Crippen molar-refractivity contribution in [3.63, 3.8) is 0 Å². The number of nitrogens with zero attached hydrogens (tertiary/aromatic N) is 1. The minimum Gasteiger partial charge on any atom is -0.310 e. The van der Waals surface area contributed by atoms with Gasteiger partial charge in [0.2, 0.25) is 0 Å². The van der Waals surface area contributed by atoms with Crippen LogP contribution in [-0.2, 0) is 0 Å². The molecule has 2 rings (SSSR count). The zero-order valence-corrected chi connectivity index (χ0v) is 12.3. The first kappa shape index (κ1) is 14.7. The molecule has 106 valence electrons. The summed E-state index contributed by atoms with van der Waals surface area (Å²) in [5, 5.41) is 4.88. The minimum absolute atomic E-state index is 0.383. The first-order chi connectivity index (χ1) is 9.86. The number of pyridine rings is 1. The number of nitrogens with one attached hydrogen (secondary N) is 1. The second-order valence-corrected chi connectivity index (χ2v) is 5.15. The van der Waals surface area contributed by atoms with Gasteiger partial charge in [-0.2, -0.15) is 0 Å². The van der Waals surface area contributed by atoms with Gasteiger partial charge in [0.1, 0.15) is 0 Å². The molecule has 1 aromatic heterocycles. The van der Waals surface area contributed by atoms with Gasteiger partial charge in [0.15, 0.2) is 0 Å². The standard InChI is InChI=1S/C18H24N2/c1-3-5-6-12-17(19-13-4-2)16-11-7-9-15-10-8-14-20-18(15)16/h3,7-11,14,17,19H,1,4-6,12-13H2,2H3. The zero-order valence-electron chi connectivity index (χ0n) is 12.3. The summed E-state index contributed by atoms with van der Waals surface area (Å²) in [5.41, 5.74) is 2.45. The molecule has 0 aliphatic heterocycles. The van der Waals surface area contributed by atoms with Crippen LogP contribution in [0.15, 0.2) is 49.2 Å². The number of hydrogen-bond acceptors (Lipinski definition) is 2. The highest BCUT2D eigenvalue weighted by Gasteiger charge is 2.13. The number of fused-ring (bicyclic) bond motifs is 1. The molecule has 0 saturated heterocycles. The molecule has 1 aromatic carbocycles. The summed E-state index contributed by atoms with van der Waals surface area (Å²) in [6.07, 6.45) is 8.39. The second-order valence-electron chi connectivity index (χ2n) is 5.15. The number of rotatable bonds is 8. The molecule has 2 nitrogen and oxygen atoms in total. The van der Waals surface area contributed by atoms with E-state index in [9.17, 15) is 0 Å². The van der Waals surface area contributed by atoms with Gasteiger partial charge >= 0.3 is 0 Å². The topological polar surface area (TPSA) is 24.9 Å². The lowest BCUT2D eigenvalue weighted by Crippen LogP contribution is -2.22.